The molecule has 0 spiro atoms. The van der Waals surface area contributed by atoms with E-state index in [4.69, 9.17) is 93.4 Å². The number of methoxy groups -OCH3 is 1. The van der Waals surface area contributed by atoms with Crippen LogP contribution in [0.2, 0.25) is 5.02 Å². The predicted molar refractivity (Wildman–Crippen MR) is 565 cm³/mol. The maximum Gasteiger partial charge on any atom is 0.260 e. The third-order valence-electron chi connectivity index (χ3n) is 23.2. The first-order valence-electron chi connectivity index (χ1n) is 49.9. The van der Waals surface area contributed by atoms with E-state index < -0.39 is 0 Å². The number of imidazole rings is 6. The van der Waals surface area contributed by atoms with Gasteiger partial charge in [-0.25, -0.2) is 29.9 Å². The number of nitrogens with zero attached hydrogens (tertiary/aromatic N) is 13. The zero-order valence-corrected chi connectivity index (χ0v) is 86.7. The molecule has 0 N–H and O–H groups in total. The number of aromatic nitrogens is 12. The third kappa shape index (κ3) is 30.8. The number of rotatable bonds is 43. The van der Waals surface area contributed by atoms with Crippen LogP contribution in [0, 0.1) is 49.4 Å². The number of likely N-dealkylation sites (tertiary alicyclic amines) is 1. The van der Waals surface area contributed by atoms with Crippen LogP contribution in [-0.4, -0.2) is 128 Å². The van der Waals surface area contributed by atoms with Crippen molar-refractivity contribution in [3.05, 3.63) is 276 Å². The Hall–Kier alpha value is -13.9. The molecule has 752 valence electrons. The van der Waals surface area contributed by atoms with E-state index in [2.05, 4.69) is 154 Å². The molecule has 26 nitrogen and oxygen atoms in total. The minimum absolute atomic E-state index is 0.0478. The summed E-state index contributed by atoms with van der Waals surface area (Å²) in [4.78, 5) is 42.3. The van der Waals surface area contributed by atoms with Crippen molar-refractivity contribution >= 4 is 72.7 Å². The Morgan fingerprint density at radius 1 is 0.345 bits per heavy atom. The zero-order chi connectivity index (χ0) is 101. The summed E-state index contributed by atoms with van der Waals surface area (Å²) in [6.07, 6.45) is 8.69. The molecule has 7 heterocycles. The van der Waals surface area contributed by atoms with Gasteiger partial charge in [-0.05, 0) is 216 Å². The molecule has 0 aliphatic carbocycles. The number of hydrogen-bond acceptors (Lipinski definition) is 19. The monoisotopic (exact) mass is 1950 g/mol. The fraction of sp³-hybridized carbons (Fsp3) is 0.400. The van der Waals surface area contributed by atoms with E-state index in [1.54, 1.807) is 19.6 Å². The van der Waals surface area contributed by atoms with Gasteiger partial charge in [0.1, 0.15) is 138 Å². The largest absolute Gasteiger partial charge is 0.497 e. The molecule has 16 aromatic rings. The summed E-state index contributed by atoms with van der Waals surface area (Å²) in [5, 5.41) is 0.710. The standard InChI is InChI=1S/C26H33N3O4.C24H31ClN2O2.C24H28N4O3.C21H26N2O2.C20H24N2O2/c1-4-31-20-8-7-9-21(14-20)32-17-25-27-23-11-10-22(15-24(23)29(25)16-19(2)3)33-18-26(30)28-12-5-6-13-28;1-16(2)10-11-28-20-8-9-22-23(13-20)27(14-17(3)4)24(26-22)15-29-19-7-6-18(5)21(25)12-19;1-18(2)15-28-23-14-21(30-12-11-27-10-9-25-17-27)7-8-22(23)26-24(28)16-31-20-6-4-5-19(13-20)29-3;1-5-24-18-10-11-19-20(12-18)23(13-15(2)3)21(22-19)14-25-17-8-6-16(4)7-9-17;1-4-23-17-10-11-18-19(12-17)22(13-15(2)3)20(21-18)14-24-16-8-6-5-7-9-16/h7-11,14-15,19H,4-6,12-13,16-18H2,1-3H3;6-9,12-13,16-17H,10-11,14-15H2,1-5H3;4-10,13-14,17-18H,11-12,15-16H2,1-3H3;6-12,15H,5,13-14H2,1-4H3;5-12,15H,4,13-14H2,1-3H3. The van der Waals surface area contributed by atoms with Crippen molar-refractivity contribution in [3.8, 4) is 69.0 Å². The average molecular weight is 1950 g/mol. The maximum atomic E-state index is 12.3. The summed E-state index contributed by atoms with van der Waals surface area (Å²) in [6, 6.07) is 69.1. The smallest absolute Gasteiger partial charge is 0.260 e. The van der Waals surface area contributed by atoms with Crippen molar-refractivity contribution < 1.29 is 61.6 Å². The van der Waals surface area contributed by atoms with Crippen molar-refractivity contribution in [1.82, 2.24) is 62.2 Å². The zero-order valence-electron chi connectivity index (χ0n) is 86.0. The summed E-state index contributed by atoms with van der Waals surface area (Å²) >= 11 is 6.22. The van der Waals surface area contributed by atoms with Crippen LogP contribution in [-0.2, 0) is 77.1 Å². The van der Waals surface area contributed by atoms with Gasteiger partial charge in [-0.1, -0.05) is 149 Å². The number of halogens is 1. The number of aryl methyl sites for hydroxylation is 2. The summed E-state index contributed by atoms with van der Waals surface area (Å²) < 4.78 is 83.0. The van der Waals surface area contributed by atoms with Gasteiger partial charge in [0, 0.05) is 106 Å². The lowest BCUT2D eigenvalue weighted by atomic mass is 10.1. The Labute approximate surface area is 841 Å². The van der Waals surface area contributed by atoms with E-state index in [0.717, 1.165) is 231 Å². The number of carbonyl (C=O) groups is 1. The summed E-state index contributed by atoms with van der Waals surface area (Å²) in [5.74, 6) is 17.3. The summed E-state index contributed by atoms with van der Waals surface area (Å²) in [5.41, 5.74) is 12.3. The molecular formula is C115H142ClN13O13. The van der Waals surface area contributed by atoms with Gasteiger partial charge in [-0.3, -0.25) is 4.79 Å². The van der Waals surface area contributed by atoms with Crippen LogP contribution >= 0.6 is 11.6 Å². The Morgan fingerprint density at radius 2 is 0.669 bits per heavy atom. The molecule has 27 heteroatoms. The number of para-hydroxylation sites is 1. The number of carbonyl (C=O) groups excluding carboxylic acids is 1. The minimum Gasteiger partial charge on any atom is -0.497 e. The van der Waals surface area contributed by atoms with E-state index in [1.165, 1.54) is 5.56 Å². The predicted octanol–water partition coefficient (Wildman–Crippen LogP) is 25.5. The third-order valence-corrected chi connectivity index (χ3v) is 23.6. The van der Waals surface area contributed by atoms with Crippen LogP contribution in [0.15, 0.2) is 231 Å². The first-order chi connectivity index (χ1) is 68.7. The number of ether oxygens (including phenoxy) is 12. The molecule has 6 aromatic heterocycles. The normalized spacial score (nSPS) is 11.9. The SMILES string of the molecule is CCOc1ccc2nc(COc3ccc(C)cc3)n(CC(C)C)c2c1.CCOc1ccc2nc(COc3ccccc3)n(CC(C)C)c2c1.CCOc1cccc(OCc2nc3ccc(OCC(=O)N4CCCC4)cc3n2CC(C)C)c1.COc1cccc(OCc2nc3ccc(OCCn4ccnc4)cc3n2CC(C)C)c1.Cc1ccc(OCc2nc3ccc(OCCC(C)C)cc3n2CC(C)C)cc1Cl. The molecule has 0 radical (unpaired) electrons. The molecule has 0 unspecified atom stereocenters. The van der Waals surface area contributed by atoms with Gasteiger partial charge in [-0.15, -0.1) is 0 Å². The van der Waals surface area contributed by atoms with E-state index in [1.807, 2.05) is 219 Å². The van der Waals surface area contributed by atoms with Gasteiger partial charge in [0.25, 0.3) is 5.91 Å². The van der Waals surface area contributed by atoms with E-state index in [-0.39, 0.29) is 12.5 Å². The number of benzene rings is 10. The highest BCUT2D eigenvalue weighted by molar-refractivity contribution is 6.31. The Kier molecular flexibility index (Phi) is 39.0. The first kappa shape index (κ1) is 105. The van der Waals surface area contributed by atoms with Gasteiger partial charge >= 0.3 is 0 Å². The molecule has 1 aliphatic heterocycles. The number of fused-ring (bicyclic) bond motifs is 5. The second-order valence-corrected chi connectivity index (χ2v) is 38.3. The van der Waals surface area contributed by atoms with Gasteiger partial charge in [0.05, 0.1) is 102 Å². The van der Waals surface area contributed by atoms with Crippen molar-refractivity contribution in [3.63, 3.8) is 0 Å². The Morgan fingerprint density at radius 3 is 1.04 bits per heavy atom. The summed E-state index contributed by atoms with van der Waals surface area (Å²) in [7, 11) is 1.65. The molecule has 10 aromatic carbocycles. The lowest BCUT2D eigenvalue weighted by Crippen LogP contribution is -2.32. The molecule has 1 aliphatic rings. The van der Waals surface area contributed by atoms with Crippen LogP contribution in [0.5, 0.6) is 69.0 Å². The van der Waals surface area contributed by atoms with Gasteiger partial charge in [0.2, 0.25) is 0 Å². The van der Waals surface area contributed by atoms with E-state index >= 15 is 0 Å². The van der Waals surface area contributed by atoms with Crippen LogP contribution in [0.25, 0.3) is 55.2 Å². The van der Waals surface area contributed by atoms with E-state index in [9.17, 15) is 4.79 Å². The highest BCUT2D eigenvalue weighted by Gasteiger charge is 2.24. The molecule has 1 saturated heterocycles. The Balaban J connectivity index is 0.000000150. The quantitative estimate of drug-likeness (QED) is 0.0345. The van der Waals surface area contributed by atoms with Crippen molar-refractivity contribution in [2.24, 2.45) is 35.5 Å². The topological polar surface area (TPSA) is 238 Å². The molecule has 0 bridgehead atoms. The van der Waals surface area contributed by atoms with Crippen LogP contribution in [0.3, 0.4) is 0 Å². The molecule has 0 atom stereocenters. The lowest BCUT2D eigenvalue weighted by molar-refractivity contribution is -0.132. The second kappa shape index (κ2) is 52.6. The molecule has 17 rings (SSSR count). The van der Waals surface area contributed by atoms with Crippen molar-refractivity contribution in [1.29, 1.82) is 0 Å². The molecule has 1 fully saturated rings. The highest BCUT2D eigenvalue weighted by Crippen LogP contribution is 2.34. The minimum atomic E-state index is 0.0478. The van der Waals surface area contributed by atoms with E-state index in [0.29, 0.717) is 106 Å². The fourth-order valence-corrected chi connectivity index (χ4v) is 16.5. The molecule has 1 amide bonds. The van der Waals surface area contributed by atoms with Gasteiger partial charge < -0.3 is 89.1 Å². The maximum absolute atomic E-state index is 12.3. The fourth-order valence-electron chi connectivity index (χ4n) is 16.3. The van der Waals surface area contributed by atoms with Crippen LogP contribution in [0.4, 0.5) is 0 Å². The van der Waals surface area contributed by atoms with Gasteiger partial charge in [-0.2, -0.15) is 0 Å². The Bertz CT molecular complexity index is 6630. The van der Waals surface area contributed by atoms with Crippen LogP contribution < -0.4 is 56.8 Å². The van der Waals surface area contributed by atoms with Crippen molar-refractivity contribution in [2.75, 3.05) is 59.8 Å². The molecular weight excluding hydrogens is 1810 g/mol. The molecule has 142 heavy (non-hydrogen) atoms. The number of amides is 1. The van der Waals surface area contributed by atoms with Crippen molar-refractivity contribution in [2.45, 2.75) is 209 Å². The molecule has 0 saturated carbocycles. The second-order valence-electron chi connectivity index (χ2n) is 37.9. The number of hydrogen-bond donors (Lipinski definition) is 0. The lowest BCUT2D eigenvalue weighted by Gasteiger charge is -2.16. The average Bonchev–Trinajstić information content (AvgIpc) is 1.66. The first-order valence-corrected chi connectivity index (χ1v) is 50.3. The highest BCUT2D eigenvalue weighted by atomic mass is 35.5. The van der Waals surface area contributed by atoms with Crippen LogP contribution in [0.1, 0.15) is 163 Å². The summed E-state index contributed by atoms with van der Waals surface area (Å²) in [6.45, 7) is 48.5. The van der Waals surface area contributed by atoms with Gasteiger partial charge in [0.15, 0.2) is 6.61 Å².